The highest BCUT2D eigenvalue weighted by atomic mass is 16.5. The summed E-state index contributed by atoms with van der Waals surface area (Å²) in [6, 6.07) is 41.2. The molecule has 264 valence electrons. The summed E-state index contributed by atoms with van der Waals surface area (Å²) in [7, 11) is 8.40. The first-order valence-corrected chi connectivity index (χ1v) is 17.1. The summed E-state index contributed by atoms with van der Waals surface area (Å²) in [5.74, 6) is 3.74. The van der Waals surface area contributed by atoms with Gasteiger partial charge in [0.1, 0.15) is 17.2 Å². The first-order valence-electron chi connectivity index (χ1n) is 17.1. The zero-order valence-corrected chi connectivity index (χ0v) is 31.1. The van der Waals surface area contributed by atoms with E-state index in [2.05, 4.69) is 85.5 Å². The van der Waals surface area contributed by atoms with Crippen LogP contribution in [0.25, 0.3) is 0 Å². The fraction of sp³-hybridized carbons (Fsp3) is 0.178. The van der Waals surface area contributed by atoms with Gasteiger partial charge in [-0.05, 0) is 106 Å². The van der Waals surface area contributed by atoms with Crippen LogP contribution in [0.15, 0.2) is 121 Å². The molecule has 0 aliphatic rings. The molecule has 0 saturated heterocycles. The second-order valence-electron chi connectivity index (χ2n) is 12.5. The van der Waals surface area contributed by atoms with Crippen molar-refractivity contribution in [1.82, 2.24) is 0 Å². The molecule has 0 unspecified atom stereocenters. The van der Waals surface area contributed by atoms with E-state index in [1.807, 2.05) is 72.8 Å². The maximum atomic E-state index is 6.09. The predicted octanol–water partition coefficient (Wildman–Crippen LogP) is 11.2. The molecule has 52 heavy (non-hydrogen) atoms. The van der Waals surface area contributed by atoms with Crippen LogP contribution in [0.2, 0.25) is 0 Å². The Kier molecular flexibility index (Phi) is 10.8. The van der Waals surface area contributed by atoms with Crippen LogP contribution in [0.3, 0.4) is 0 Å². The van der Waals surface area contributed by atoms with Gasteiger partial charge in [-0.25, -0.2) is 0 Å². The highest BCUT2D eigenvalue weighted by molar-refractivity contribution is 5.81. The average Bonchev–Trinajstić information content (AvgIpc) is 3.18. The Labute approximate surface area is 307 Å². The normalized spacial score (nSPS) is 10.7. The fourth-order valence-corrected chi connectivity index (χ4v) is 6.43. The number of rotatable bonds is 13. The third-order valence-corrected chi connectivity index (χ3v) is 9.20. The number of ether oxygens (including phenoxy) is 5. The number of hydrogen-bond acceptors (Lipinski definition) is 7. The minimum atomic E-state index is 0.684. The van der Waals surface area contributed by atoms with E-state index in [0.29, 0.717) is 11.5 Å². The van der Waals surface area contributed by atoms with Crippen LogP contribution in [-0.4, -0.2) is 35.5 Å². The average molecular weight is 694 g/mol. The molecule has 6 aromatic carbocycles. The van der Waals surface area contributed by atoms with Crippen LogP contribution < -0.4 is 33.5 Å². The molecule has 0 spiro atoms. The Balaban J connectivity index is 1.41. The first kappa shape index (κ1) is 35.6. The second-order valence-corrected chi connectivity index (χ2v) is 12.5. The summed E-state index contributed by atoms with van der Waals surface area (Å²) in [5, 5.41) is 0. The van der Waals surface area contributed by atoms with Crippen molar-refractivity contribution < 1.29 is 23.7 Å². The number of anilines is 6. The predicted molar refractivity (Wildman–Crippen MR) is 212 cm³/mol. The Morgan fingerprint density at radius 1 is 0.365 bits per heavy atom. The van der Waals surface area contributed by atoms with Crippen LogP contribution >= 0.6 is 0 Å². The van der Waals surface area contributed by atoms with E-state index in [9.17, 15) is 0 Å². The Bertz CT molecular complexity index is 2010. The van der Waals surface area contributed by atoms with Crippen LogP contribution in [-0.2, 0) is 0 Å². The standard InChI is InChI=1S/C45H45N2O5/c1-30-9-11-33(12-10-30)46(34-13-19-39(48-4)20-14-34)37-25-31(2)42(32(3)26-37)29-43-44(51-7)27-38(28-45(43)52-8)47(35-15-21-40(49-5)22-16-35)36-17-23-41(50-6)24-18-36/h9-29H,1-8H3/q+1. The number of benzene rings is 6. The van der Waals surface area contributed by atoms with E-state index in [0.717, 1.165) is 73.6 Å². The van der Waals surface area contributed by atoms with Gasteiger partial charge in [-0.15, -0.1) is 0 Å². The molecule has 0 heterocycles. The van der Waals surface area contributed by atoms with Crippen molar-refractivity contribution in [2.45, 2.75) is 20.8 Å². The fourth-order valence-electron chi connectivity index (χ4n) is 6.43. The highest BCUT2D eigenvalue weighted by Crippen LogP contribution is 2.44. The van der Waals surface area contributed by atoms with Crippen LogP contribution in [0, 0.1) is 27.2 Å². The smallest absolute Gasteiger partial charge is 0.196 e. The van der Waals surface area contributed by atoms with Gasteiger partial charge in [-0.1, -0.05) is 17.7 Å². The third-order valence-electron chi connectivity index (χ3n) is 9.20. The van der Waals surface area contributed by atoms with Crippen molar-refractivity contribution in [3.05, 3.63) is 156 Å². The van der Waals surface area contributed by atoms with Gasteiger partial charge in [0.15, 0.2) is 17.1 Å². The minimum Gasteiger partial charge on any atom is -0.497 e. The monoisotopic (exact) mass is 693 g/mol. The molecule has 6 rings (SSSR count). The summed E-state index contributed by atoms with van der Waals surface area (Å²) >= 11 is 0. The van der Waals surface area contributed by atoms with Crippen LogP contribution in [0.1, 0.15) is 27.8 Å². The Morgan fingerprint density at radius 3 is 1.02 bits per heavy atom. The summed E-state index contributed by atoms with van der Waals surface area (Å²) in [6.45, 7) is 6.39. The molecule has 0 aromatic heterocycles. The van der Waals surface area contributed by atoms with Gasteiger partial charge in [0.2, 0.25) is 0 Å². The zero-order valence-electron chi connectivity index (χ0n) is 31.1. The Hall–Kier alpha value is -6.21. The lowest BCUT2D eigenvalue weighted by atomic mass is 9.93. The maximum absolute atomic E-state index is 6.09. The summed E-state index contributed by atoms with van der Waals surface area (Å²) in [4.78, 5) is 4.42. The highest BCUT2D eigenvalue weighted by Gasteiger charge is 2.26. The lowest BCUT2D eigenvalue weighted by Crippen LogP contribution is -2.12. The molecule has 0 fully saturated rings. The molecule has 0 bridgehead atoms. The van der Waals surface area contributed by atoms with E-state index < -0.39 is 0 Å². The van der Waals surface area contributed by atoms with Crippen molar-refractivity contribution in [1.29, 1.82) is 0 Å². The molecule has 0 amide bonds. The van der Waals surface area contributed by atoms with Crippen molar-refractivity contribution in [3.63, 3.8) is 0 Å². The number of methoxy groups -OCH3 is 5. The van der Waals surface area contributed by atoms with Gasteiger partial charge < -0.3 is 33.5 Å². The molecule has 7 heteroatoms. The van der Waals surface area contributed by atoms with Crippen molar-refractivity contribution in [2.24, 2.45) is 0 Å². The van der Waals surface area contributed by atoms with Crippen LogP contribution in [0.4, 0.5) is 34.1 Å². The van der Waals surface area contributed by atoms with Gasteiger partial charge >= 0.3 is 0 Å². The van der Waals surface area contributed by atoms with E-state index in [-0.39, 0.29) is 0 Å². The van der Waals surface area contributed by atoms with Crippen molar-refractivity contribution >= 4 is 34.1 Å². The number of hydrogen-bond donors (Lipinski definition) is 0. The largest absolute Gasteiger partial charge is 0.497 e. The first-order chi connectivity index (χ1) is 25.3. The molecular formula is C45H45N2O5+. The van der Waals surface area contributed by atoms with Gasteiger partial charge in [-0.2, -0.15) is 0 Å². The third kappa shape index (κ3) is 7.44. The van der Waals surface area contributed by atoms with Gasteiger partial charge in [-0.3, -0.25) is 0 Å². The Morgan fingerprint density at radius 2 is 0.692 bits per heavy atom. The molecule has 0 aliphatic carbocycles. The van der Waals surface area contributed by atoms with Crippen molar-refractivity contribution in [2.75, 3.05) is 45.3 Å². The molecular weight excluding hydrogens is 649 g/mol. The molecule has 0 atom stereocenters. The summed E-state index contributed by atoms with van der Waals surface area (Å²) in [6.07, 6.45) is 2.16. The molecule has 0 N–H and O–H groups in total. The molecule has 0 radical (unpaired) electrons. The van der Waals surface area contributed by atoms with Gasteiger partial charge in [0.25, 0.3) is 0 Å². The zero-order chi connectivity index (χ0) is 36.8. The molecule has 0 aliphatic heterocycles. The lowest BCUT2D eigenvalue weighted by molar-refractivity contribution is 0.390. The molecule has 7 nitrogen and oxygen atoms in total. The van der Waals surface area contributed by atoms with E-state index in [1.165, 1.54) is 5.56 Å². The number of aryl methyl sites for hydroxylation is 3. The SMILES string of the molecule is COc1ccc(N(c2ccc(C)cc2)c2cc(C)c([CH+]c3c(OC)cc(N(c4ccc(OC)cc4)c4ccc(OC)cc4)cc3OC)c(C)c2)cc1. The topological polar surface area (TPSA) is 52.6 Å². The van der Waals surface area contributed by atoms with E-state index >= 15 is 0 Å². The van der Waals surface area contributed by atoms with Gasteiger partial charge in [0, 0.05) is 64.6 Å². The van der Waals surface area contributed by atoms with Gasteiger partial charge in [0.05, 0.1) is 52.5 Å². The quantitative estimate of drug-likeness (QED) is 0.112. The second kappa shape index (κ2) is 15.8. The van der Waals surface area contributed by atoms with E-state index in [4.69, 9.17) is 23.7 Å². The molecule has 6 aromatic rings. The minimum absolute atomic E-state index is 0.684. The van der Waals surface area contributed by atoms with Crippen LogP contribution in [0.5, 0.6) is 28.7 Å². The molecule has 0 saturated carbocycles. The summed E-state index contributed by atoms with van der Waals surface area (Å²) in [5.41, 5.74) is 11.3. The number of nitrogens with zero attached hydrogens (tertiary/aromatic N) is 2. The van der Waals surface area contributed by atoms with Crippen molar-refractivity contribution in [3.8, 4) is 28.7 Å². The lowest BCUT2D eigenvalue weighted by Gasteiger charge is -2.27. The maximum Gasteiger partial charge on any atom is 0.196 e. The van der Waals surface area contributed by atoms with E-state index in [1.54, 1.807) is 35.5 Å². The summed E-state index contributed by atoms with van der Waals surface area (Å²) < 4.78 is 28.5.